The van der Waals surface area contributed by atoms with Crippen molar-refractivity contribution in [1.82, 2.24) is 4.90 Å². The van der Waals surface area contributed by atoms with Gasteiger partial charge in [0.15, 0.2) is 11.6 Å². The van der Waals surface area contributed by atoms with Crippen molar-refractivity contribution in [1.29, 1.82) is 0 Å². The summed E-state index contributed by atoms with van der Waals surface area (Å²) in [6.45, 7) is 5.51. The van der Waals surface area contributed by atoms with E-state index in [0.29, 0.717) is 18.7 Å². The van der Waals surface area contributed by atoms with Gasteiger partial charge in [-0.05, 0) is 60.4 Å². The molecule has 0 atom stereocenters. The molecule has 0 radical (unpaired) electrons. The Morgan fingerprint density at radius 2 is 1.42 bits per heavy atom. The number of benzene rings is 2. The number of phenolic OH excluding ortho intramolecular Hbond substituents is 1. The van der Waals surface area contributed by atoms with Gasteiger partial charge >= 0.3 is 0 Å². The normalized spacial score (nSPS) is 11.2. The van der Waals surface area contributed by atoms with Crippen LogP contribution in [0.1, 0.15) is 54.6 Å². The van der Waals surface area contributed by atoms with Crippen molar-refractivity contribution in [2.45, 2.75) is 33.1 Å². The summed E-state index contributed by atoms with van der Waals surface area (Å²) in [7, 11) is 0. The van der Waals surface area contributed by atoms with Gasteiger partial charge in [-0.15, -0.1) is 0 Å². The van der Waals surface area contributed by atoms with Crippen molar-refractivity contribution in [3.8, 4) is 5.75 Å². The molecule has 31 heavy (non-hydrogen) atoms. The highest BCUT2D eigenvalue weighted by Crippen LogP contribution is 2.12. The van der Waals surface area contributed by atoms with Crippen molar-refractivity contribution in [3.05, 3.63) is 77.4 Å². The average molecular weight is 420 g/mol. The Hall–Kier alpha value is -3.47. The first-order chi connectivity index (χ1) is 14.9. The predicted molar refractivity (Wildman–Crippen MR) is 124 cm³/mol. The van der Waals surface area contributed by atoms with Gasteiger partial charge in [-0.2, -0.15) is 0 Å². The molecule has 1 amide bonds. The molecule has 0 aromatic heterocycles. The number of aromatic hydroxyl groups is 1. The van der Waals surface area contributed by atoms with Crippen molar-refractivity contribution >= 4 is 29.6 Å². The van der Waals surface area contributed by atoms with Crippen molar-refractivity contribution in [2.75, 3.05) is 13.1 Å². The van der Waals surface area contributed by atoms with E-state index in [4.69, 9.17) is 0 Å². The van der Waals surface area contributed by atoms with E-state index in [0.717, 1.165) is 24.0 Å². The van der Waals surface area contributed by atoms with Gasteiger partial charge in [0, 0.05) is 18.7 Å². The molecule has 0 aliphatic carbocycles. The lowest BCUT2D eigenvalue weighted by atomic mass is 10.1. The molecule has 0 bridgehead atoms. The first-order valence-corrected chi connectivity index (χ1v) is 10.5. The Labute approximate surface area is 183 Å². The zero-order chi connectivity index (χ0) is 22.6. The van der Waals surface area contributed by atoms with Crippen molar-refractivity contribution in [2.24, 2.45) is 0 Å². The van der Waals surface area contributed by atoms with Crippen LogP contribution in [0.25, 0.3) is 12.2 Å². The number of amides is 1. The maximum absolute atomic E-state index is 12.7. The second kappa shape index (κ2) is 12.3. The summed E-state index contributed by atoms with van der Waals surface area (Å²) in [6, 6.07) is 13.6. The minimum atomic E-state index is -0.310. The lowest BCUT2D eigenvalue weighted by Gasteiger charge is -2.21. The van der Waals surface area contributed by atoms with Crippen LogP contribution in [0.15, 0.2) is 60.7 Å². The van der Waals surface area contributed by atoms with Gasteiger partial charge in [0.2, 0.25) is 0 Å². The molecule has 0 fully saturated rings. The maximum Gasteiger partial charge on any atom is 0.253 e. The van der Waals surface area contributed by atoms with Crippen LogP contribution in [0, 0.1) is 0 Å². The highest BCUT2D eigenvalue weighted by atomic mass is 16.3. The number of rotatable bonds is 11. The highest BCUT2D eigenvalue weighted by Gasteiger charge is 2.14. The third-order valence-corrected chi connectivity index (χ3v) is 4.57. The van der Waals surface area contributed by atoms with Crippen molar-refractivity contribution < 1.29 is 19.5 Å². The number of hydrogen-bond acceptors (Lipinski definition) is 4. The van der Waals surface area contributed by atoms with Gasteiger partial charge in [-0.1, -0.05) is 50.3 Å². The van der Waals surface area contributed by atoms with E-state index in [9.17, 15) is 19.5 Å². The van der Waals surface area contributed by atoms with E-state index in [-0.39, 0.29) is 29.6 Å². The molecule has 0 aliphatic heterocycles. The lowest BCUT2D eigenvalue weighted by Crippen LogP contribution is -2.32. The van der Waals surface area contributed by atoms with E-state index in [1.54, 1.807) is 42.5 Å². The van der Waals surface area contributed by atoms with Gasteiger partial charge in [0.1, 0.15) is 5.75 Å². The summed E-state index contributed by atoms with van der Waals surface area (Å²) >= 11 is 0. The zero-order valence-corrected chi connectivity index (χ0v) is 18.1. The fourth-order valence-electron chi connectivity index (χ4n) is 3.07. The molecule has 0 saturated carbocycles. The van der Waals surface area contributed by atoms with Crippen LogP contribution in [0.5, 0.6) is 5.75 Å². The Balaban J connectivity index is 1.97. The Bertz CT molecular complexity index is 952. The summed E-state index contributed by atoms with van der Waals surface area (Å²) in [5.74, 6) is -0.477. The van der Waals surface area contributed by atoms with Gasteiger partial charge in [0.25, 0.3) is 5.91 Å². The SMILES string of the molecule is CCCN(CCC)C(=O)c1cccc(C=CC(=O)CC(=O)C=Cc2ccc(O)cc2)c1. The molecular weight excluding hydrogens is 390 g/mol. The smallest absolute Gasteiger partial charge is 0.253 e. The fourth-order valence-corrected chi connectivity index (χ4v) is 3.07. The molecular formula is C26H29NO4. The maximum atomic E-state index is 12.7. The standard InChI is InChI=1S/C26H29NO4/c1-3-16-27(17-4-2)26(31)22-7-5-6-21(18-22)11-15-25(30)19-24(29)14-10-20-8-12-23(28)13-9-20/h5-15,18,28H,3-4,16-17,19H2,1-2H3. The minimum Gasteiger partial charge on any atom is -0.508 e. The number of carbonyl (C=O) groups excluding carboxylic acids is 3. The molecule has 0 saturated heterocycles. The second-order valence-corrected chi connectivity index (χ2v) is 7.29. The van der Waals surface area contributed by atoms with Crippen LogP contribution >= 0.6 is 0 Å². The number of allylic oxidation sites excluding steroid dienone is 2. The second-order valence-electron chi connectivity index (χ2n) is 7.29. The summed E-state index contributed by atoms with van der Waals surface area (Å²) in [6.07, 6.45) is 7.51. The third kappa shape index (κ3) is 8.05. The van der Waals surface area contributed by atoms with Gasteiger partial charge in [-0.25, -0.2) is 0 Å². The van der Waals surface area contributed by atoms with E-state index in [1.165, 1.54) is 24.3 Å². The molecule has 0 aliphatic rings. The Kier molecular flexibility index (Phi) is 9.43. The molecule has 1 N–H and O–H groups in total. The van der Waals surface area contributed by atoms with Gasteiger partial charge < -0.3 is 10.0 Å². The van der Waals surface area contributed by atoms with Crippen LogP contribution in [0.4, 0.5) is 0 Å². The van der Waals surface area contributed by atoms with E-state index in [2.05, 4.69) is 0 Å². The van der Waals surface area contributed by atoms with E-state index < -0.39 is 0 Å². The number of nitrogens with zero attached hydrogens (tertiary/aromatic N) is 1. The first-order valence-electron chi connectivity index (χ1n) is 10.5. The summed E-state index contributed by atoms with van der Waals surface area (Å²) in [5.41, 5.74) is 2.08. The lowest BCUT2D eigenvalue weighted by molar-refractivity contribution is -0.121. The quantitative estimate of drug-likeness (QED) is 0.415. The van der Waals surface area contributed by atoms with E-state index >= 15 is 0 Å². The third-order valence-electron chi connectivity index (χ3n) is 4.57. The zero-order valence-electron chi connectivity index (χ0n) is 18.1. The number of phenols is 1. The molecule has 162 valence electrons. The molecule has 5 nitrogen and oxygen atoms in total. The average Bonchev–Trinajstić information content (AvgIpc) is 2.77. The largest absolute Gasteiger partial charge is 0.508 e. The topological polar surface area (TPSA) is 74.7 Å². The van der Waals surface area contributed by atoms with Crippen molar-refractivity contribution in [3.63, 3.8) is 0 Å². The van der Waals surface area contributed by atoms with Crippen LogP contribution < -0.4 is 0 Å². The van der Waals surface area contributed by atoms with E-state index in [1.807, 2.05) is 24.8 Å². The number of ketones is 2. The van der Waals surface area contributed by atoms with Gasteiger partial charge in [-0.3, -0.25) is 14.4 Å². The van der Waals surface area contributed by atoms with Crippen LogP contribution in [-0.2, 0) is 9.59 Å². The molecule has 2 rings (SSSR count). The van der Waals surface area contributed by atoms with Gasteiger partial charge in [0.05, 0.1) is 6.42 Å². The molecule has 0 heterocycles. The summed E-state index contributed by atoms with van der Waals surface area (Å²) < 4.78 is 0. The monoisotopic (exact) mass is 419 g/mol. The Morgan fingerprint density at radius 1 is 0.839 bits per heavy atom. The Morgan fingerprint density at radius 3 is 2.00 bits per heavy atom. The molecule has 2 aromatic rings. The summed E-state index contributed by atoms with van der Waals surface area (Å²) in [4.78, 5) is 38.7. The number of hydrogen-bond donors (Lipinski definition) is 1. The first kappa shape index (κ1) is 23.8. The summed E-state index contributed by atoms with van der Waals surface area (Å²) in [5, 5.41) is 9.26. The molecule has 2 aromatic carbocycles. The minimum absolute atomic E-state index is 0.0141. The predicted octanol–water partition coefficient (Wildman–Crippen LogP) is 4.91. The molecule has 0 unspecified atom stereocenters. The fraction of sp³-hybridized carbons (Fsp3) is 0.269. The van der Waals surface area contributed by atoms with Crippen LogP contribution in [0.3, 0.4) is 0 Å². The van der Waals surface area contributed by atoms with Crippen LogP contribution in [-0.4, -0.2) is 40.6 Å². The number of carbonyl (C=O) groups is 3. The highest BCUT2D eigenvalue weighted by molar-refractivity contribution is 6.11. The molecule has 5 heteroatoms. The van der Waals surface area contributed by atoms with Crippen LogP contribution in [0.2, 0.25) is 0 Å². The molecule has 0 spiro atoms.